The van der Waals surface area contributed by atoms with Crippen LogP contribution < -0.4 is 0 Å². The van der Waals surface area contributed by atoms with Gasteiger partial charge in [-0.05, 0) is 73.5 Å². The van der Waals surface area contributed by atoms with Crippen molar-refractivity contribution in [1.82, 2.24) is 0 Å². The molecule has 4 aliphatic carbocycles. The van der Waals surface area contributed by atoms with Gasteiger partial charge in [-0.2, -0.15) is 0 Å². The van der Waals surface area contributed by atoms with Crippen molar-refractivity contribution in [3.8, 4) is 0 Å². The number of ketones is 1. The van der Waals surface area contributed by atoms with Crippen LogP contribution in [0.25, 0.3) is 0 Å². The molecule has 4 rings (SSSR count). The molecule has 2 fully saturated rings. The highest BCUT2D eigenvalue weighted by Gasteiger charge is 2.58. The first-order chi connectivity index (χ1) is 10.9. The van der Waals surface area contributed by atoms with Gasteiger partial charge in [0.1, 0.15) is 5.78 Å². The Hall–Kier alpha value is -1.53. The van der Waals surface area contributed by atoms with E-state index in [1.807, 2.05) is 6.08 Å². The van der Waals surface area contributed by atoms with Gasteiger partial charge in [0, 0.05) is 11.3 Å². The van der Waals surface area contributed by atoms with E-state index in [2.05, 4.69) is 31.7 Å². The standard InChI is InChI=1S/C21H25O2/c1-13(22)17-6-7-18-16-5-4-14-12-15(23)8-10-20(14,2)19(16)9-11-21(17,18)3/h4-5,10,12,16-19H,6-7,9,11H2,1-3H3/t16-,17+,18-,19-,20-,21+/m0/s1. The Bertz CT molecular complexity index is 691. The molecule has 2 nitrogen and oxygen atoms in total. The smallest absolute Gasteiger partial charge is 0.221 e. The van der Waals surface area contributed by atoms with Crippen LogP contribution in [-0.4, -0.2) is 5.78 Å². The number of hydrogen-bond acceptors (Lipinski definition) is 1. The highest BCUT2D eigenvalue weighted by Crippen LogP contribution is 2.64. The summed E-state index contributed by atoms with van der Waals surface area (Å²) in [5, 5.41) is 11.7. The summed E-state index contributed by atoms with van der Waals surface area (Å²) in [6.45, 7) is 6.38. The van der Waals surface area contributed by atoms with Gasteiger partial charge in [-0.3, -0.25) is 9.90 Å². The van der Waals surface area contributed by atoms with E-state index in [0.29, 0.717) is 23.5 Å². The molecular formula is C21H25O2. The predicted octanol–water partition coefficient (Wildman–Crippen LogP) is 4.62. The Labute approximate surface area is 138 Å². The van der Waals surface area contributed by atoms with Crippen molar-refractivity contribution in [2.75, 3.05) is 0 Å². The van der Waals surface area contributed by atoms with Gasteiger partial charge in [0.2, 0.25) is 5.76 Å². The molecule has 1 radical (unpaired) electrons. The average Bonchev–Trinajstić information content (AvgIpc) is 2.85. The first-order valence-electron chi connectivity index (χ1n) is 8.92. The van der Waals surface area contributed by atoms with Gasteiger partial charge >= 0.3 is 0 Å². The molecule has 0 aromatic carbocycles. The Morgan fingerprint density at radius 1 is 1.22 bits per heavy atom. The van der Waals surface area contributed by atoms with Crippen LogP contribution in [0.1, 0.15) is 46.5 Å². The molecule has 0 aliphatic heterocycles. The number of allylic oxidation sites excluding steroid dienone is 4. The molecule has 0 spiro atoms. The van der Waals surface area contributed by atoms with E-state index in [1.54, 1.807) is 13.0 Å². The summed E-state index contributed by atoms with van der Waals surface area (Å²) in [5.41, 5.74) is 4.16. The first-order valence-corrected chi connectivity index (χ1v) is 8.92. The van der Waals surface area contributed by atoms with Crippen LogP contribution in [0, 0.1) is 34.5 Å². The Kier molecular flexibility index (Phi) is 3.09. The predicted molar refractivity (Wildman–Crippen MR) is 88.8 cm³/mol. The average molecular weight is 309 g/mol. The van der Waals surface area contributed by atoms with Crippen molar-refractivity contribution >= 4 is 5.78 Å². The SMILES string of the molecule is CC(=O)[C@H]1CC[C@H]2[C@@H]3C=CC4=CC([O])=C=C[C@]4(C)[C@H]3CC[C@]12C. The van der Waals surface area contributed by atoms with Crippen molar-refractivity contribution in [1.29, 1.82) is 0 Å². The Morgan fingerprint density at radius 3 is 2.74 bits per heavy atom. The van der Waals surface area contributed by atoms with Gasteiger partial charge < -0.3 is 0 Å². The van der Waals surface area contributed by atoms with E-state index >= 15 is 0 Å². The van der Waals surface area contributed by atoms with Crippen molar-refractivity contribution in [2.45, 2.75) is 46.5 Å². The van der Waals surface area contributed by atoms with E-state index in [1.165, 1.54) is 0 Å². The zero-order chi connectivity index (χ0) is 16.4. The second-order valence-corrected chi connectivity index (χ2v) is 8.47. The first kappa shape index (κ1) is 15.0. The van der Waals surface area contributed by atoms with Crippen molar-refractivity contribution in [3.05, 3.63) is 41.4 Å². The maximum absolute atomic E-state index is 12.1. The third kappa shape index (κ3) is 1.91. The monoisotopic (exact) mass is 309 g/mol. The molecule has 0 aromatic rings. The maximum atomic E-state index is 12.1. The molecular weight excluding hydrogens is 284 g/mol. The number of hydrogen-bond donors (Lipinski definition) is 0. The van der Waals surface area contributed by atoms with Gasteiger partial charge in [-0.15, -0.1) is 0 Å². The summed E-state index contributed by atoms with van der Waals surface area (Å²) in [4.78, 5) is 12.1. The molecule has 0 bridgehead atoms. The minimum absolute atomic E-state index is 0.0151. The lowest BCUT2D eigenvalue weighted by atomic mass is 9.49. The third-order valence-corrected chi connectivity index (χ3v) is 7.51. The molecule has 2 heteroatoms. The highest BCUT2D eigenvalue weighted by molar-refractivity contribution is 5.79. The van der Waals surface area contributed by atoms with Crippen LogP contribution in [0.4, 0.5) is 0 Å². The molecule has 0 heterocycles. The minimum Gasteiger partial charge on any atom is -0.300 e. The topological polar surface area (TPSA) is 37.0 Å². The zero-order valence-corrected chi connectivity index (χ0v) is 14.3. The van der Waals surface area contributed by atoms with E-state index in [9.17, 15) is 9.90 Å². The lowest BCUT2D eigenvalue weighted by molar-refractivity contribution is -0.126. The molecule has 23 heavy (non-hydrogen) atoms. The van der Waals surface area contributed by atoms with Crippen molar-refractivity contribution in [3.63, 3.8) is 0 Å². The molecule has 6 atom stereocenters. The summed E-state index contributed by atoms with van der Waals surface area (Å²) in [6, 6.07) is 0. The Balaban J connectivity index is 1.74. The molecule has 4 aliphatic rings. The lowest BCUT2D eigenvalue weighted by Gasteiger charge is -2.54. The van der Waals surface area contributed by atoms with Crippen LogP contribution in [0.2, 0.25) is 0 Å². The normalized spacial score (nSPS) is 47.3. The van der Waals surface area contributed by atoms with Crippen LogP contribution in [-0.2, 0) is 9.90 Å². The highest BCUT2D eigenvalue weighted by atomic mass is 16.3. The Morgan fingerprint density at radius 2 is 2.00 bits per heavy atom. The molecule has 121 valence electrons. The molecule has 0 amide bonds. The number of rotatable bonds is 1. The van der Waals surface area contributed by atoms with E-state index in [0.717, 1.165) is 31.3 Å². The minimum atomic E-state index is -0.0665. The lowest BCUT2D eigenvalue weighted by Crippen LogP contribution is -2.48. The van der Waals surface area contributed by atoms with Crippen LogP contribution in [0.5, 0.6) is 0 Å². The summed E-state index contributed by atoms with van der Waals surface area (Å²) in [7, 11) is 0. The maximum Gasteiger partial charge on any atom is 0.221 e. The number of Topliss-reactive ketones (excluding diaryl/α,β-unsaturated/α-hetero) is 1. The molecule has 0 N–H and O–H groups in total. The third-order valence-electron chi connectivity index (χ3n) is 7.51. The van der Waals surface area contributed by atoms with Gasteiger partial charge in [0.05, 0.1) is 0 Å². The van der Waals surface area contributed by atoms with Crippen molar-refractivity contribution < 1.29 is 9.90 Å². The van der Waals surface area contributed by atoms with Crippen molar-refractivity contribution in [2.24, 2.45) is 34.5 Å². The largest absolute Gasteiger partial charge is 0.300 e. The molecule has 0 aromatic heterocycles. The van der Waals surface area contributed by atoms with Gasteiger partial charge in [0.25, 0.3) is 0 Å². The fourth-order valence-electron chi connectivity index (χ4n) is 6.24. The number of fused-ring (bicyclic) bond motifs is 5. The fourth-order valence-corrected chi connectivity index (χ4v) is 6.24. The van der Waals surface area contributed by atoms with E-state index in [4.69, 9.17) is 0 Å². The number of carbonyl (C=O) groups excluding carboxylic acids is 1. The van der Waals surface area contributed by atoms with Crippen LogP contribution in [0.3, 0.4) is 0 Å². The van der Waals surface area contributed by atoms with Crippen LogP contribution >= 0.6 is 0 Å². The van der Waals surface area contributed by atoms with E-state index < -0.39 is 0 Å². The summed E-state index contributed by atoms with van der Waals surface area (Å²) >= 11 is 0. The zero-order valence-electron chi connectivity index (χ0n) is 14.3. The van der Waals surface area contributed by atoms with Gasteiger partial charge in [-0.25, -0.2) is 0 Å². The van der Waals surface area contributed by atoms with Crippen LogP contribution in [0.15, 0.2) is 41.4 Å². The molecule has 2 saturated carbocycles. The quantitative estimate of drug-likeness (QED) is 0.651. The second-order valence-electron chi connectivity index (χ2n) is 8.47. The summed E-state index contributed by atoms with van der Waals surface area (Å²) < 4.78 is 0. The second kappa shape index (κ2) is 4.74. The van der Waals surface area contributed by atoms with Gasteiger partial charge in [0.15, 0.2) is 0 Å². The van der Waals surface area contributed by atoms with E-state index in [-0.39, 0.29) is 22.5 Å². The molecule has 0 unspecified atom stereocenters. The fraction of sp³-hybridized carbons (Fsp3) is 0.619. The summed E-state index contributed by atoms with van der Waals surface area (Å²) in [6.07, 6.45) is 12.8. The van der Waals surface area contributed by atoms with Gasteiger partial charge in [-0.1, -0.05) is 31.7 Å². The summed E-state index contributed by atoms with van der Waals surface area (Å²) in [5.74, 6) is 2.24. The molecule has 0 saturated heterocycles. The number of carbonyl (C=O) groups is 1.